The molecule has 0 aliphatic carbocycles. The van der Waals surface area contributed by atoms with Crippen LogP contribution in [0.1, 0.15) is 45.3 Å². The van der Waals surface area contributed by atoms with Crippen LogP contribution in [0.4, 0.5) is 0 Å². The fourth-order valence-corrected chi connectivity index (χ4v) is 2.29. The van der Waals surface area contributed by atoms with Gasteiger partial charge in [-0.3, -0.25) is 9.69 Å². The smallest absolute Gasteiger partial charge is 0.303 e. The Labute approximate surface area is 112 Å². The molecule has 1 fully saturated rings. The molecule has 1 aliphatic rings. The lowest BCUT2D eigenvalue weighted by molar-refractivity contribution is -0.138. The Morgan fingerprint density at radius 1 is 1.53 bits per heavy atom. The third-order valence-corrected chi connectivity index (χ3v) is 3.31. The zero-order valence-electron chi connectivity index (χ0n) is 11.7. The van der Waals surface area contributed by atoms with Gasteiger partial charge in [0.05, 0.1) is 6.54 Å². The van der Waals surface area contributed by atoms with Gasteiger partial charge in [0.15, 0.2) is 5.82 Å². The predicted octanol–water partition coefficient (Wildman–Crippen LogP) is 1.66. The second kappa shape index (κ2) is 5.28. The molecule has 1 N–H and O–H groups in total. The fraction of sp³-hybridized carbons (Fsp3) is 0.769. The van der Waals surface area contributed by atoms with Crippen molar-refractivity contribution in [2.75, 3.05) is 13.1 Å². The monoisotopic (exact) mass is 267 g/mol. The van der Waals surface area contributed by atoms with Crippen LogP contribution in [0.15, 0.2) is 4.52 Å². The van der Waals surface area contributed by atoms with Crippen LogP contribution in [0.5, 0.6) is 0 Å². The van der Waals surface area contributed by atoms with Crippen molar-refractivity contribution in [2.24, 2.45) is 5.92 Å². The van der Waals surface area contributed by atoms with E-state index >= 15 is 0 Å². The number of likely N-dealkylation sites (tertiary alicyclic amines) is 1. The van der Waals surface area contributed by atoms with Crippen LogP contribution in [0.2, 0.25) is 0 Å². The van der Waals surface area contributed by atoms with Gasteiger partial charge in [0.1, 0.15) is 0 Å². The van der Waals surface area contributed by atoms with Crippen molar-refractivity contribution in [3.8, 4) is 0 Å². The molecule has 19 heavy (non-hydrogen) atoms. The van der Waals surface area contributed by atoms with Gasteiger partial charge in [-0.1, -0.05) is 25.9 Å². The van der Waals surface area contributed by atoms with Crippen molar-refractivity contribution < 1.29 is 14.4 Å². The van der Waals surface area contributed by atoms with Crippen LogP contribution in [0, 0.1) is 5.92 Å². The van der Waals surface area contributed by atoms with Crippen molar-refractivity contribution in [2.45, 2.75) is 45.6 Å². The molecule has 1 unspecified atom stereocenters. The summed E-state index contributed by atoms with van der Waals surface area (Å²) in [7, 11) is 0. The highest BCUT2D eigenvalue weighted by molar-refractivity contribution is 5.67. The summed E-state index contributed by atoms with van der Waals surface area (Å²) in [4.78, 5) is 17.3. The van der Waals surface area contributed by atoms with E-state index in [2.05, 4.69) is 15.0 Å². The zero-order chi connectivity index (χ0) is 14.0. The van der Waals surface area contributed by atoms with Crippen LogP contribution in [0.25, 0.3) is 0 Å². The van der Waals surface area contributed by atoms with E-state index in [0.717, 1.165) is 19.5 Å². The van der Waals surface area contributed by atoms with E-state index in [9.17, 15) is 4.79 Å². The first-order valence-corrected chi connectivity index (χ1v) is 6.62. The van der Waals surface area contributed by atoms with Gasteiger partial charge < -0.3 is 9.63 Å². The van der Waals surface area contributed by atoms with Gasteiger partial charge in [-0.05, 0) is 18.9 Å². The number of carboxylic acids is 1. The van der Waals surface area contributed by atoms with Crippen molar-refractivity contribution >= 4 is 5.97 Å². The largest absolute Gasteiger partial charge is 0.481 e. The molecule has 1 aliphatic heterocycles. The second-order valence-electron chi connectivity index (χ2n) is 6.25. The van der Waals surface area contributed by atoms with E-state index in [4.69, 9.17) is 9.63 Å². The summed E-state index contributed by atoms with van der Waals surface area (Å²) in [5.74, 6) is 0.845. The number of carbonyl (C=O) groups is 1. The molecule has 106 valence electrons. The van der Waals surface area contributed by atoms with Crippen LogP contribution in [0.3, 0.4) is 0 Å². The summed E-state index contributed by atoms with van der Waals surface area (Å²) < 4.78 is 5.25. The molecule has 6 heteroatoms. The van der Waals surface area contributed by atoms with Crippen LogP contribution < -0.4 is 0 Å². The first-order valence-electron chi connectivity index (χ1n) is 6.62. The number of aromatic nitrogens is 2. The molecule has 1 saturated heterocycles. The molecule has 0 radical (unpaired) electrons. The first-order chi connectivity index (χ1) is 8.84. The van der Waals surface area contributed by atoms with Gasteiger partial charge in [0, 0.05) is 18.4 Å². The SMILES string of the molecule is CC(C)(C)c1nc(CN2CCC(CC(=O)O)C2)no1. The summed E-state index contributed by atoms with van der Waals surface area (Å²) in [5.41, 5.74) is -0.137. The van der Waals surface area contributed by atoms with Crippen LogP contribution in [-0.4, -0.2) is 39.2 Å². The highest BCUT2D eigenvalue weighted by Crippen LogP contribution is 2.23. The van der Waals surface area contributed by atoms with Gasteiger partial charge >= 0.3 is 5.97 Å². The molecule has 2 rings (SSSR count). The highest BCUT2D eigenvalue weighted by atomic mass is 16.5. The maximum atomic E-state index is 10.7. The lowest BCUT2D eigenvalue weighted by Gasteiger charge is -2.13. The Morgan fingerprint density at radius 2 is 2.26 bits per heavy atom. The quantitative estimate of drug-likeness (QED) is 0.893. The van der Waals surface area contributed by atoms with Gasteiger partial charge in [-0.2, -0.15) is 4.98 Å². The molecule has 1 aromatic heterocycles. The highest BCUT2D eigenvalue weighted by Gasteiger charge is 2.27. The van der Waals surface area contributed by atoms with Gasteiger partial charge in [0.2, 0.25) is 5.89 Å². The number of carboxylic acid groups (broad SMARTS) is 1. The standard InChI is InChI=1S/C13H21N3O3/c1-13(2,3)12-14-10(15-19-12)8-16-5-4-9(7-16)6-11(17)18/h9H,4-8H2,1-3H3,(H,17,18). The summed E-state index contributed by atoms with van der Waals surface area (Å²) in [5, 5.41) is 12.8. The molecule has 1 atom stereocenters. The average molecular weight is 267 g/mol. The Balaban J connectivity index is 1.89. The Kier molecular flexibility index (Phi) is 3.89. The zero-order valence-corrected chi connectivity index (χ0v) is 11.7. The van der Waals surface area contributed by atoms with E-state index in [-0.39, 0.29) is 17.8 Å². The molecule has 6 nitrogen and oxygen atoms in total. The molecule has 0 saturated carbocycles. The summed E-state index contributed by atoms with van der Waals surface area (Å²) in [6.45, 7) is 8.42. The molecule has 0 spiro atoms. The lowest BCUT2D eigenvalue weighted by Crippen LogP contribution is -2.21. The third-order valence-electron chi connectivity index (χ3n) is 3.31. The molecule has 0 aromatic carbocycles. The van der Waals surface area contributed by atoms with Gasteiger partial charge in [-0.25, -0.2) is 0 Å². The third kappa shape index (κ3) is 3.76. The summed E-state index contributed by atoms with van der Waals surface area (Å²) >= 11 is 0. The van der Waals surface area contributed by atoms with E-state index in [1.165, 1.54) is 0 Å². The Hall–Kier alpha value is -1.43. The summed E-state index contributed by atoms with van der Waals surface area (Å²) in [6, 6.07) is 0. The van der Waals surface area contributed by atoms with E-state index in [1.54, 1.807) is 0 Å². The predicted molar refractivity (Wildman–Crippen MR) is 68.6 cm³/mol. The number of rotatable bonds is 4. The summed E-state index contributed by atoms with van der Waals surface area (Å²) in [6.07, 6.45) is 1.17. The Morgan fingerprint density at radius 3 is 2.84 bits per heavy atom. The number of aliphatic carboxylic acids is 1. The number of nitrogens with zero attached hydrogens (tertiary/aromatic N) is 3. The van der Waals surface area contributed by atoms with E-state index in [1.807, 2.05) is 20.8 Å². The van der Waals surface area contributed by atoms with Gasteiger partial charge in [0.25, 0.3) is 0 Å². The lowest BCUT2D eigenvalue weighted by atomic mass is 9.97. The molecular formula is C13H21N3O3. The molecule has 0 amide bonds. The molecule has 2 heterocycles. The average Bonchev–Trinajstić information content (AvgIpc) is 2.86. The maximum Gasteiger partial charge on any atom is 0.303 e. The molecule has 1 aromatic rings. The Bertz CT molecular complexity index is 450. The molecular weight excluding hydrogens is 246 g/mol. The van der Waals surface area contributed by atoms with Crippen LogP contribution >= 0.6 is 0 Å². The first kappa shape index (κ1) is 14.0. The number of hydrogen-bond donors (Lipinski definition) is 1. The topological polar surface area (TPSA) is 79.5 Å². The van der Waals surface area contributed by atoms with E-state index in [0.29, 0.717) is 18.3 Å². The normalized spacial score (nSPS) is 20.9. The van der Waals surface area contributed by atoms with Crippen molar-refractivity contribution in [3.63, 3.8) is 0 Å². The number of hydrogen-bond acceptors (Lipinski definition) is 5. The molecule has 0 bridgehead atoms. The van der Waals surface area contributed by atoms with Crippen LogP contribution in [-0.2, 0) is 16.8 Å². The van der Waals surface area contributed by atoms with Gasteiger partial charge in [-0.15, -0.1) is 0 Å². The fourth-order valence-electron chi connectivity index (χ4n) is 2.29. The minimum absolute atomic E-state index is 0.137. The van der Waals surface area contributed by atoms with Crippen molar-refractivity contribution in [3.05, 3.63) is 11.7 Å². The van der Waals surface area contributed by atoms with E-state index < -0.39 is 5.97 Å². The van der Waals surface area contributed by atoms with Crippen molar-refractivity contribution in [1.29, 1.82) is 0 Å². The minimum Gasteiger partial charge on any atom is -0.481 e. The minimum atomic E-state index is -0.721. The second-order valence-corrected chi connectivity index (χ2v) is 6.25. The maximum absolute atomic E-state index is 10.7. The van der Waals surface area contributed by atoms with Crippen molar-refractivity contribution in [1.82, 2.24) is 15.0 Å².